The normalized spacial score (nSPS) is 19.2. The quantitative estimate of drug-likeness (QED) is 0.471. The smallest absolute Gasteiger partial charge is 0.329 e. The van der Waals surface area contributed by atoms with Crippen LogP contribution in [0.15, 0.2) is 24.4 Å². The number of aromatic nitrogens is 2. The van der Waals surface area contributed by atoms with Crippen molar-refractivity contribution in [2.45, 2.75) is 38.3 Å². The molecule has 0 aliphatic heterocycles. The largest absolute Gasteiger partial charge is 0.364 e. The molecule has 1 aliphatic rings. The van der Waals surface area contributed by atoms with Gasteiger partial charge in [-0.15, -0.1) is 0 Å². The van der Waals surface area contributed by atoms with Crippen LogP contribution in [0, 0.1) is 21.8 Å². The number of nitrogens with zero attached hydrogens (tertiary/aromatic N) is 3. The summed E-state index contributed by atoms with van der Waals surface area (Å²) in [6, 6.07) is 4.43. The molecule has 1 aliphatic carbocycles. The van der Waals surface area contributed by atoms with Gasteiger partial charge in [-0.25, -0.2) is 9.37 Å². The molecule has 2 aromatic rings. The third kappa shape index (κ3) is 5.49. The zero-order valence-corrected chi connectivity index (χ0v) is 16.0. The van der Waals surface area contributed by atoms with Crippen LogP contribution in [-0.4, -0.2) is 27.5 Å². The van der Waals surface area contributed by atoms with E-state index in [1.165, 1.54) is 12.1 Å². The van der Waals surface area contributed by atoms with E-state index in [1.807, 2.05) is 0 Å². The van der Waals surface area contributed by atoms with Crippen LogP contribution in [0.3, 0.4) is 0 Å². The second kappa shape index (κ2) is 9.11. The topological polar surface area (TPSA) is 119 Å². The molecular formula is C18H22ClFN6O2. The third-order valence-corrected chi connectivity index (χ3v) is 5.01. The number of nitrogens with one attached hydrogen (secondary N) is 2. The van der Waals surface area contributed by atoms with Crippen LogP contribution in [0.2, 0.25) is 5.02 Å². The number of nitro groups is 1. The molecule has 0 bridgehead atoms. The maximum absolute atomic E-state index is 13.4. The Bertz CT molecular complexity index is 825. The van der Waals surface area contributed by atoms with Crippen molar-refractivity contribution in [3.05, 3.63) is 50.9 Å². The second-order valence-electron chi connectivity index (χ2n) is 6.98. The molecule has 1 aromatic heterocycles. The third-order valence-electron chi connectivity index (χ3n) is 4.79. The van der Waals surface area contributed by atoms with E-state index in [0.717, 1.165) is 31.9 Å². The van der Waals surface area contributed by atoms with E-state index < -0.39 is 10.7 Å². The van der Waals surface area contributed by atoms with E-state index in [1.54, 1.807) is 6.07 Å². The number of rotatable bonds is 7. The van der Waals surface area contributed by atoms with Crippen molar-refractivity contribution < 1.29 is 9.31 Å². The van der Waals surface area contributed by atoms with Crippen LogP contribution < -0.4 is 16.4 Å². The summed E-state index contributed by atoms with van der Waals surface area (Å²) in [4.78, 5) is 19.0. The number of benzene rings is 1. The Morgan fingerprint density at radius 2 is 2.00 bits per heavy atom. The number of nitrogens with two attached hydrogens (primary N) is 1. The molecule has 3 rings (SSSR count). The Kier molecular flexibility index (Phi) is 6.58. The highest BCUT2D eigenvalue weighted by Crippen LogP contribution is 2.26. The summed E-state index contributed by atoms with van der Waals surface area (Å²) in [6.45, 7) is 0.818. The Labute approximate surface area is 166 Å². The van der Waals surface area contributed by atoms with Gasteiger partial charge in [-0.05, 0) is 55.4 Å². The average Bonchev–Trinajstić information content (AvgIpc) is 2.65. The van der Waals surface area contributed by atoms with Crippen molar-refractivity contribution in [1.29, 1.82) is 0 Å². The van der Waals surface area contributed by atoms with Crippen molar-refractivity contribution in [2.24, 2.45) is 11.7 Å². The van der Waals surface area contributed by atoms with Gasteiger partial charge in [0.1, 0.15) is 12.0 Å². The first-order chi connectivity index (χ1) is 13.4. The van der Waals surface area contributed by atoms with Crippen molar-refractivity contribution in [1.82, 2.24) is 9.97 Å². The van der Waals surface area contributed by atoms with Crippen molar-refractivity contribution in [2.75, 3.05) is 17.2 Å². The average molecular weight is 409 g/mol. The van der Waals surface area contributed by atoms with E-state index in [9.17, 15) is 14.5 Å². The first kappa shape index (κ1) is 20.2. The van der Waals surface area contributed by atoms with Crippen LogP contribution in [0.25, 0.3) is 0 Å². The minimum Gasteiger partial charge on any atom is -0.364 e. The van der Waals surface area contributed by atoms with Crippen LogP contribution in [0.5, 0.6) is 0 Å². The fourth-order valence-electron chi connectivity index (χ4n) is 3.25. The number of hydrogen-bond donors (Lipinski definition) is 3. The number of hydrogen-bond acceptors (Lipinski definition) is 7. The lowest BCUT2D eigenvalue weighted by Crippen LogP contribution is -2.29. The molecule has 8 nitrogen and oxygen atoms in total. The summed E-state index contributed by atoms with van der Waals surface area (Å²) in [5, 5.41) is 17.6. The van der Waals surface area contributed by atoms with E-state index in [0.29, 0.717) is 18.0 Å². The molecule has 1 fully saturated rings. The van der Waals surface area contributed by atoms with Crippen molar-refractivity contribution in [3.8, 4) is 0 Å². The summed E-state index contributed by atoms with van der Waals surface area (Å²) < 4.78 is 13.4. The zero-order chi connectivity index (χ0) is 20.1. The highest BCUT2D eigenvalue weighted by Gasteiger charge is 2.21. The SMILES string of the molecule is NC1CCC(CNc2nc(NCc3cc(F)cc(Cl)c3)ncc2[N+](=O)[O-])CC1. The molecule has 0 atom stereocenters. The van der Waals surface area contributed by atoms with Gasteiger partial charge in [-0.3, -0.25) is 10.1 Å². The molecule has 0 amide bonds. The number of anilines is 2. The van der Waals surface area contributed by atoms with Crippen LogP contribution in [-0.2, 0) is 6.54 Å². The monoisotopic (exact) mass is 408 g/mol. The van der Waals surface area contributed by atoms with E-state index in [4.69, 9.17) is 17.3 Å². The first-order valence-corrected chi connectivity index (χ1v) is 9.48. The molecule has 0 saturated heterocycles. The molecule has 1 aromatic carbocycles. The second-order valence-corrected chi connectivity index (χ2v) is 7.41. The van der Waals surface area contributed by atoms with Crippen molar-refractivity contribution >= 4 is 29.1 Å². The highest BCUT2D eigenvalue weighted by molar-refractivity contribution is 6.30. The Morgan fingerprint density at radius 1 is 1.25 bits per heavy atom. The standard InChI is InChI=1S/C18H22ClFN6O2/c19-13-5-12(6-14(20)7-13)9-23-18-24-10-16(26(27)28)17(25-18)22-8-11-1-3-15(21)4-2-11/h5-7,10-11,15H,1-4,8-9,21H2,(H2,22,23,24,25). The van der Waals surface area contributed by atoms with Gasteiger partial charge in [0.15, 0.2) is 0 Å². The van der Waals surface area contributed by atoms with Crippen LogP contribution >= 0.6 is 11.6 Å². The van der Waals surface area contributed by atoms with Gasteiger partial charge in [-0.2, -0.15) is 4.98 Å². The fourth-order valence-corrected chi connectivity index (χ4v) is 3.50. The zero-order valence-electron chi connectivity index (χ0n) is 15.2. The molecule has 150 valence electrons. The molecule has 28 heavy (non-hydrogen) atoms. The lowest BCUT2D eigenvalue weighted by atomic mass is 9.86. The van der Waals surface area contributed by atoms with E-state index >= 15 is 0 Å². The Balaban J connectivity index is 1.67. The summed E-state index contributed by atoms with van der Waals surface area (Å²) in [5.74, 6) is 0.331. The minimum atomic E-state index is -0.519. The van der Waals surface area contributed by atoms with Gasteiger partial charge in [-0.1, -0.05) is 11.6 Å². The molecule has 0 spiro atoms. The predicted molar refractivity (Wildman–Crippen MR) is 106 cm³/mol. The molecule has 1 heterocycles. The highest BCUT2D eigenvalue weighted by atomic mass is 35.5. The lowest BCUT2D eigenvalue weighted by molar-refractivity contribution is -0.384. The van der Waals surface area contributed by atoms with Crippen molar-refractivity contribution in [3.63, 3.8) is 0 Å². The summed E-state index contributed by atoms with van der Waals surface area (Å²) in [5.41, 5.74) is 6.34. The number of halogens is 2. The molecular weight excluding hydrogens is 387 g/mol. The molecule has 4 N–H and O–H groups in total. The summed E-state index contributed by atoms with van der Waals surface area (Å²) in [7, 11) is 0. The lowest BCUT2D eigenvalue weighted by Gasteiger charge is -2.26. The van der Waals surface area contributed by atoms with Gasteiger partial charge in [0, 0.05) is 24.2 Å². The molecule has 0 unspecified atom stereocenters. The van der Waals surface area contributed by atoms with Gasteiger partial charge in [0.05, 0.1) is 4.92 Å². The fraction of sp³-hybridized carbons (Fsp3) is 0.444. The Hall–Kier alpha value is -2.52. The van der Waals surface area contributed by atoms with Gasteiger partial charge in [0.25, 0.3) is 0 Å². The first-order valence-electron chi connectivity index (χ1n) is 9.10. The predicted octanol–water partition coefficient (Wildman–Crippen LogP) is 3.72. The summed E-state index contributed by atoms with van der Waals surface area (Å²) >= 11 is 5.84. The Morgan fingerprint density at radius 3 is 2.68 bits per heavy atom. The minimum absolute atomic E-state index is 0.162. The van der Waals surface area contributed by atoms with Gasteiger partial charge < -0.3 is 16.4 Å². The molecule has 10 heteroatoms. The summed E-state index contributed by atoms with van der Waals surface area (Å²) in [6.07, 6.45) is 5.05. The maximum atomic E-state index is 13.4. The van der Waals surface area contributed by atoms with Crippen LogP contribution in [0.4, 0.5) is 21.8 Å². The maximum Gasteiger partial charge on any atom is 0.329 e. The van der Waals surface area contributed by atoms with Crippen LogP contribution in [0.1, 0.15) is 31.2 Å². The van der Waals surface area contributed by atoms with Gasteiger partial charge in [0.2, 0.25) is 11.8 Å². The molecule has 1 saturated carbocycles. The van der Waals surface area contributed by atoms with E-state index in [2.05, 4.69) is 20.6 Å². The van der Waals surface area contributed by atoms with Gasteiger partial charge >= 0.3 is 5.69 Å². The molecule has 0 radical (unpaired) electrons. The van der Waals surface area contributed by atoms with E-state index in [-0.39, 0.29) is 35.1 Å².